The minimum absolute atomic E-state index is 0.0464. The number of pyridine rings is 1. The number of benzene rings is 1. The molecule has 0 spiro atoms. The van der Waals surface area contributed by atoms with E-state index in [0.29, 0.717) is 11.8 Å². The van der Waals surface area contributed by atoms with Crippen molar-refractivity contribution >= 4 is 5.69 Å². The Bertz CT molecular complexity index is 763. The maximum atomic E-state index is 11.2. The average molecular weight is 341 g/mol. The van der Waals surface area contributed by atoms with Crippen LogP contribution in [0.25, 0.3) is 0 Å². The van der Waals surface area contributed by atoms with Gasteiger partial charge in [0.25, 0.3) is 5.88 Å². The summed E-state index contributed by atoms with van der Waals surface area (Å²) in [6, 6.07) is 9.19. The van der Waals surface area contributed by atoms with Gasteiger partial charge in [0.2, 0.25) is 0 Å². The molecule has 1 unspecified atom stereocenters. The Hall–Kier alpha value is -2.47. The van der Waals surface area contributed by atoms with Crippen LogP contribution < -0.4 is 4.74 Å². The van der Waals surface area contributed by atoms with E-state index in [9.17, 15) is 10.1 Å². The highest BCUT2D eigenvalue weighted by Gasteiger charge is 2.32. The highest BCUT2D eigenvalue weighted by Crippen LogP contribution is 2.44. The van der Waals surface area contributed by atoms with Crippen LogP contribution in [-0.4, -0.2) is 21.4 Å². The molecule has 132 valence electrons. The average Bonchev–Trinajstić information content (AvgIpc) is 2.99. The summed E-state index contributed by atoms with van der Waals surface area (Å²) < 4.78 is 5.94. The minimum Gasteiger partial charge on any atom is -0.433 e. The molecule has 0 fully saturated rings. The summed E-state index contributed by atoms with van der Waals surface area (Å²) in [5, 5.41) is 11.2. The van der Waals surface area contributed by atoms with Crippen molar-refractivity contribution < 1.29 is 9.66 Å². The van der Waals surface area contributed by atoms with Gasteiger partial charge in [0.05, 0.1) is 4.92 Å². The second kappa shape index (κ2) is 7.61. The van der Waals surface area contributed by atoms with Gasteiger partial charge in [0, 0.05) is 30.4 Å². The number of hydrogen-bond donors (Lipinski definition) is 0. The van der Waals surface area contributed by atoms with E-state index in [0.717, 1.165) is 37.9 Å². The maximum Gasteiger partial charge on any atom is 0.331 e. The molecule has 6 nitrogen and oxygen atoms in total. The SMILES string of the molecule is CCCCC1c2c(cccc2Oc2ncccc2[N+](=O)[O-])CN1CC. The molecule has 1 aromatic carbocycles. The Balaban J connectivity index is 1.98. The van der Waals surface area contributed by atoms with E-state index in [1.54, 1.807) is 6.07 Å². The van der Waals surface area contributed by atoms with Gasteiger partial charge in [-0.1, -0.05) is 38.8 Å². The number of ether oxygens (including phenoxy) is 1. The molecule has 0 amide bonds. The van der Waals surface area contributed by atoms with Gasteiger partial charge in [0.1, 0.15) is 5.75 Å². The van der Waals surface area contributed by atoms with Crippen LogP contribution in [0.1, 0.15) is 50.3 Å². The van der Waals surface area contributed by atoms with Gasteiger partial charge in [-0.05, 0) is 30.7 Å². The number of hydrogen-bond acceptors (Lipinski definition) is 5. The van der Waals surface area contributed by atoms with Crippen molar-refractivity contribution in [2.45, 2.75) is 45.7 Å². The van der Waals surface area contributed by atoms with Crippen LogP contribution in [-0.2, 0) is 6.54 Å². The molecule has 6 heteroatoms. The monoisotopic (exact) mass is 341 g/mol. The van der Waals surface area contributed by atoms with Gasteiger partial charge in [-0.25, -0.2) is 4.98 Å². The lowest BCUT2D eigenvalue weighted by atomic mass is 9.99. The maximum absolute atomic E-state index is 11.2. The predicted octanol–water partition coefficient (Wildman–Crippen LogP) is 4.85. The third-order valence-electron chi connectivity index (χ3n) is 4.70. The number of nitrogens with zero attached hydrogens (tertiary/aromatic N) is 3. The molecule has 1 atom stereocenters. The smallest absolute Gasteiger partial charge is 0.331 e. The van der Waals surface area contributed by atoms with Gasteiger partial charge in [-0.3, -0.25) is 15.0 Å². The molecule has 0 N–H and O–H groups in total. The van der Waals surface area contributed by atoms with Crippen LogP contribution in [0.15, 0.2) is 36.5 Å². The first-order chi connectivity index (χ1) is 12.2. The second-order valence-electron chi connectivity index (χ2n) is 6.24. The molecule has 1 aliphatic rings. The summed E-state index contributed by atoms with van der Waals surface area (Å²) in [5.41, 5.74) is 2.27. The topological polar surface area (TPSA) is 68.5 Å². The summed E-state index contributed by atoms with van der Waals surface area (Å²) in [6.45, 7) is 6.20. The third kappa shape index (κ3) is 3.49. The lowest BCUT2D eigenvalue weighted by molar-refractivity contribution is -0.386. The van der Waals surface area contributed by atoms with Gasteiger partial charge >= 0.3 is 5.69 Å². The lowest BCUT2D eigenvalue weighted by Crippen LogP contribution is -2.21. The Morgan fingerprint density at radius 2 is 2.16 bits per heavy atom. The Morgan fingerprint density at radius 1 is 1.32 bits per heavy atom. The summed E-state index contributed by atoms with van der Waals surface area (Å²) in [4.78, 5) is 17.3. The predicted molar refractivity (Wildman–Crippen MR) is 95.8 cm³/mol. The summed E-state index contributed by atoms with van der Waals surface area (Å²) in [6.07, 6.45) is 4.84. The number of fused-ring (bicyclic) bond motifs is 1. The molecule has 0 bridgehead atoms. The molecule has 1 aromatic heterocycles. The van der Waals surface area contributed by atoms with Gasteiger partial charge in [0.15, 0.2) is 0 Å². The highest BCUT2D eigenvalue weighted by atomic mass is 16.6. The largest absolute Gasteiger partial charge is 0.433 e. The van der Waals surface area contributed by atoms with Crippen molar-refractivity contribution in [3.63, 3.8) is 0 Å². The summed E-state index contributed by atoms with van der Waals surface area (Å²) in [5.74, 6) is 0.724. The zero-order valence-corrected chi connectivity index (χ0v) is 14.6. The van der Waals surface area contributed by atoms with Gasteiger partial charge < -0.3 is 4.74 Å². The van der Waals surface area contributed by atoms with Crippen LogP contribution in [0.3, 0.4) is 0 Å². The standard InChI is InChI=1S/C19H23N3O3/c1-3-5-9-15-18-14(13-21(15)4-2)8-6-11-17(18)25-19-16(22(23)24)10-7-12-20-19/h6-8,10-12,15H,3-5,9,13H2,1-2H3. The first-order valence-corrected chi connectivity index (χ1v) is 8.78. The zero-order valence-electron chi connectivity index (χ0n) is 14.6. The number of rotatable bonds is 7. The van der Waals surface area contributed by atoms with Gasteiger partial charge in [-0.2, -0.15) is 0 Å². The summed E-state index contributed by atoms with van der Waals surface area (Å²) in [7, 11) is 0. The molecule has 0 saturated heterocycles. The fourth-order valence-electron chi connectivity index (χ4n) is 3.47. The fourth-order valence-corrected chi connectivity index (χ4v) is 3.47. The number of aromatic nitrogens is 1. The molecule has 2 aromatic rings. The molecule has 3 rings (SSSR count). The van der Waals surface area contributed by atoms with Crippen molar-refractivity contribution in [1.82, 2.24) is 9.88 Å². The van der Waals surface area contributed by atoms with E-state index >= 15 is 0 Å². The third-order valence-corrected chi connectivity index (χ3v) is 4.70. The molecule has 2 heterocycles. The molecule has 25 heavy (non-hydrogen) atoms. The van der Waals surface area contributed by atoms with Crippen LogP contribution in [0.5, 0.6) is 11.6 Å². The highest BCUT2D eigenvalue weighted by molar-refractivity contribution is 5.49. The van der Waals surface area contributed by atoms with E-state index in [1.165, 1.54) is 17.8 Å². The van der Waals surface area contributed by atoms with E-state index in [-0.39, 0.29) is 11.6 Å². The van der Waals surface area contributed by atoms with Gasteiger partial charge in [-0.15, -0.1) is 0 Å². The van der Waals surface area contributed by atoms with Crippen molar-refractivity contribution in [2.24, 2.45) is 0 Å². The van der Waals surface area contributed by atoms with E-state index in [1.807, 2.05) is 12.1 Å². The first kappa shape index (κ1) is 17.4. The fraction of sp³-hybridized carbons (Fsp3) is 0.421. The Kier molecular flexibility index (Phi) is 5.28. The molecule has 0 aliphatic carbocycles. The van der Waals surface area contributed by atoms with Crippen molar-refractivity contribution in [1.29, 1.82) is 0 Å². The normalized spacial score (nSPS) is 16.6. The molecule has 0 radical (unpaired) electrons. The molecule has 1 aliphatic heterocycles. The van der Waals surface area contributed by atoms with E-state index < -0.39 is 4.92 Å². The second-order valence-corrected chi connectivity index (χ2v) is 6.24. The molecular weight excluding hydrogens is 318 g/mol. The Labute approximate surface area is 147 Å². The van der Waals surface area contributed by atoms with Crippen molar-refractivity contribution in [2.75, 3.05) is 6.54 Å². The number of unbranched alkanes of at least 4 members (excludes halogenated alkanes) is 1. The lowest BCUT2D eigenvalue weighted by Gasteiger charge is -2.24. The quantitative estimate of drug-likeness (QED) is 0.532. The van der Waals surface area contributed by atoms with Crippen LogP contribution in [0, 0.1) is 10.1 Å². The van der Waals surface area contributed by atoms with E-state index in [4.69, 9.17) is 4.74 Å². The minimum atomic E-state index is -0.460. The van der Waals surface area contributed by atoms with Crippen molar-refractivity contribution in [3.8, 4) is 11.6 Å². The van der Waals surface area contributed by atoms with Crippen molar-refractivity contribution in [3.05, 3.63) is 57.8 Å². The number of nitro groups is 1. The van der Waals surface area contributed by atoms with Crippen LogP contribution >= 0.6 is 0 Å². The zero-order chi connectivity index (χ0) is 17.8. The van der Waals surface area contributed by atoms with Crippen LogP contribution in [0.2, 0.25) is 0 Å². The molecular formula is C19H23N3O3. The van der Waals surface area contributed by atoms with Crippen LogP contribution in [0.4, 0.5) is 5.69 Å². The summed E-state index contributed by atoms with van der Waals surface area (Å²) >= 11 is 0. The van der Waals surface area contributed by atoms with E-state index in [2.05, 4.69) is 29.8 Å². The first-order valence-electron chi connectivity index (χ1n) is 8.78. The Morgan fingerprint density at radius 3 is 2.88 bits per heavy atom. The molecule has 0 saturated carbocycles.